The van der Waals surface area contributed by atoms with Crippen LogP contribution in [0.5, 0.6) is 23.0 Å². The van der Waals surface area contributed by atoms with Gasteiger partial charge in [-0.15, -0.1) is 0 Å². The summed E-state index contributed by atoms with van der Waals surface area (Å²) in [5.41, 5.74) is 3.38. The molecule has 4 rings (SSSR count). The minimum absolute atomic E-state index is 0.195. The van der Waals surface area contributed by atoms with Crippen molar-refractivity contribution in [2.24, 2.45) is 0 Å². The Morgan fingerprint density at radius 1 is 0.714 bits per heavy atom. The van der Waals surface area contributed by atoms with Crippen LogP contribution in [0.25, 0.3) is 0 Å². The normalized spacial score (nSPS) is 23.4. The van der Waals surface area contributed by atoms with Crippen LogP contribution in [0.4, 0.5) is 0 Å². The second-order valence-corrected chi connectivity index (χ2v) is 7.39. The highest BCUT2D eigenvalue weighted by Gasteiger charge is 2.39. The second-order valence-electron chi connectivity index (χ2n) is 7.39. The van der Waals surface area contributed by atoms with E-state index < -0.39 is 0 Å². The van der Waals surface area contributed by atoms with Crippen LogP contribution in [0.3, 0.4) is 0 Å². The van der Waals surface area contributed by atoms with Gasteiger partial charge in [-0.05, 0) is 54.3 Å². The molecule has 0 N–H and O–H groups in total. The SMILES string of the molecule is COc1ccc(OC)c([C@H]2O[C@H]3CCCC[C@H]3c3cc(OC)c(OC)cc32)c1. The molecule has 0 saturated heterocycles. The largest absolute Gasteiger partial charge is 0.497 e. The van der Waals surface area contributed by atoms with Gasteiger partial charge in [-0.3, -0.25) is 0 Å². The lowest BCUT2D eigenvalue weighted by atomic mass is 9.75. The zero-order chi connectivity index (χ0) is 19.7. The lowest BCUT2D eigenvalue weighted by molar-refractivity contribution is -0.0399. The fourth-order valence-electron chi connectivity index (χ4n) is 4.61. The Kier molecular flexibility index (Phi) is 5.36. The molecule has 150 valence electrons. The summed E-state index contributed by atoms with van der Waals surface area (Å²) in [5, 5.41) is 0. The molecule has 0 unspecified atom stereocenters. The van der Waals surface area contributed by atoms with Crippen LogP contribution in [0.15, 0.2) is 30.3 Å². The number of ether oxygens (including phenoxy) is 5. The summed E-state index contributed by atoms with van der Waals surface area (Å²) < 4.78 is 29.0. The molecule has 2 aromatic rings. The molecule has 1 saturated carbocycles. The third kappa shape index (κ3) is 3.18. The van der Waals surface area contributed by atoms with Crippen LogP contribution in [-0.4, -0.2) is 34.5 Å². The summed E-state index contributed by atoms with van der Waals surface area (Å²) >= 11 is 0. The summed E-state index contributed by atoms with van der Waals surface area (Å²) in [7, 11) is 6.71. The Bertz CT molecular complexity index is 847. The first-order valence-electron chi connectivity index (χ1n) is 9.83. The highest BCUT2D eigenvalue weighted by Crippen LogP contribution is 2.51. The van der Waals surface area contributed by atoms with Crippen molar-refractivity contribution in [2.75, 3.05) is 28.4 Å². The van der Waals surface area contributed by atoms with E-state index in [0.29, 0.717) is 11.7 Å². The van der Waals surface area contributed by atoms with Crippen molar-refractivity contribution in [1.82, 2.24) is 0 Å². The molecule has 0 amide bonds. The van der Waals surface area contributed by atoms with Gasteiger partial charge in [0.2, 0.25) is 0 Å². The van der Waals surface area contributed by atoms with Crippen molar-refractivity contribution in [3.8, 4) is 23.0 Å². The predicted molar refractivity (Wildman–Crippen MR) is 107 cm³/mol. The fourth-order valence-corrected chi connectivity index (χ4v) is 4.61. The first kappa shape index (κ1) is 18.9. The molecule has 1 fully saturated rings. The van der Waals surface area contributed by atoms with Crippen LogP contribution >= 0.6 is 0 Å². The van der Waals surface area contributed by atoms with Crippen molar-refractivity contribution in [2.45, 2.75) is 43.8 Å². The predicted octanol–water partition coefficient (Wildman–Crippen LogP) is 4.87. The molecule has 2 aliphatic rings. The minimum Gasteiger partial charge on any atom is -0.497 e. The van der Waals surface area contributed by atoms with Gasteiger partial charge in [-0.2, -0.15) is 0 Å². The highest BCUT2D eigenvalue weighted by molar-refractivity contribution is 5.55. The van der Waals surface area contributed by atoms with Gasteiger partial charge in [-0.1, -0.05) is 12.8 Å². The first-order valence-corrected chi connectivity index (χ1v) is 9.83. The fraction of sp³-hybridized carbons (Fsp3) is 0.478. The molecule has 1 aliphatic carbocycles. The van der Waals surface area contributed by atoms with E-state index >= 15 is 0 Å². The molecule has 0 bridgehead atoms. The van der Waals surface area contributed by atoms with Crippen LogP contribution in [0.2, 0.25) is 0 Å². The van der Waals surface area contributed by atoms with E-state index in [-0.39, 0.29) is 12.2 Å². The second kappa shape index (κ2) is 7.92. The van der Waals surface area contributed by atoms with Gasteiger partial charge in [0.05, 0.1) is 34.5 Å². The van der Waals surface area contributed by atoms with Gasteiger partial charge in [0.15, 0.2) is 11.5 Å². The minimum atomic E-state index is -0.237. The van der Waals surface area contributed by atoms with E-state index in [1.54, 1.807) is 28.4 Å². The maximum Gasteiger partial charge on any atom is 0.161 e. The summed E-state index contributed by atoms with van der Waals surface area (Å²) in [6, 6.07) is 10.0. The quantitative estimate of drug-likeness (QED) is 0.736. The smallest absolute Gasteiger partial charge is 0.161 e. The van der Waals surface area contributed by atoms with Crippen molar-refractivity contribution in [1.29, 1.82) is 0 Å². The topological polar surface area (TPSA) is 46.2 Å². The van der Waals surface area contributed by atoms with E-state index in [0.717, 1.165) is 41.2 Å². The average molecular weight is 384 g/mol. The number of methoxy groups -OCH3 is 4. The average Bonchev–Trinajstić information content (AvgIpc) is 2.76. The molecule has 2 aromatic carbocycles. The summed E-state index contributed by atoms with van der Waals surface area (Å²) in [6.07, 6.45) is 4.59. The molecule has 1 aliphatic heterocycles. The van der Waals surface area contributed by atoms with Gasteiger partial charge in [-0.25, -0.2) is 0 Å². The molecule has 0 radical (unpaired) electrons. The number of benzene rings is 2. The van der Waals surface area contributed by atoms with Crippen LogP contribution < -0.4 is 18.9 Å². The Morgan fingerprint density at radius 2 is 1.39 bits per heavy atom. The van der Waals surface area contributed by atoms with Crippen LogP contribution in [-0.2, 0) is 4.74 Å². The number of hydrogen-bond donors (Lipinski definition) is 0. The van der Waals surface area contributed by atoms with Crippen LogP contribution in [0.1, 0.15) is 54.4 Å². The lowest BCUT2D eigenvalue weighted by Gasteiger charge is -2.41. The molecule has 1 heterocycles. The van der Waals surface area contributed by atoms with Gasteiger partial charge >= 0.3 is 0 Å². The van der Waals surface area contributed by atoms with Crippen molar-refractivity contribution in [3.63, 3.8) is 0 Å². The molecule has 28 heavy (non-hydrogen) atoms. The summed E-state index contributed by atoms with van der Waals surface area (Å²) in [4.78, 5) is 0. The van der Waals surface area contributed by atoms with Crippen molar-refractivity contribution >= 4 is 0 Å². The molecular formula is C23H28O5. The molecule has 0 aromatic heterocycles. The number of hydrogen-bond acceptors (Lipinski definition) is 5. The molecule has 5 heteroatoms. The Labute approximate surface area is 166 Å². The Morgan fingerprint density at radius 3 is 2.07 bits per heavy atom. The number of rotatable bonds is 5. The zero-order valence-electron chi connectivity index (χ0n) is 17.0. The van der Waals surface area contributed by atoms with Crippen molar-refractivity contribution < 1.29 is 23.7 Å². The van der Waals surface area contributed by atoms with Gasteiger partial charge in [0, 0.05) is 11.5 Å². The Balaban J connectivity index is 1.90. The molecule has 3 atom stereocenters. The van der Waals surface area contributed by atoms with Gasteiger partial charge in [0.1, 0.15) is 17.6 Å². The van der Waals surface area contributed by atoms with Crippen molar-refractivity contribution in [3.05, 3.63) is 47.0 Å². The van der Waals surface area contributed by atoms with E-state index in [2.05, 4.69) is 12.1 Å². The van der Waals surface area contributed by atoms with E-state index in [1.807, 2.05) is 18.2 Å². The standard InChI is InChI=1S/C23H28O5/c1-24-14-9-10-19(25-2)18(11-14)23-17-13-22(27-4)21(26-3)12-16(17)15-7-5-6-8-20(15)28-23/h9-13,15,20,23H,5-8H2,1-4H3/t15-,20-,23-/m0/s1. The van der Waals surface area contributed by atoms with Crippen LogP contribution in [0, 0.1) is 0 Å². The number of fused-ring (bicyclic) bond motifs is 3. The maximum absolute atomic E-state index is 6.69. The maximum atomic E-state index is 6.69. The summed E-state index contributed by atoms with van der Waals surface area (Å²) in [6.45, 7) is 0. The third-order valence-corrected chi connectivity index (χ3v) is 6.00. The summed E-state index contributed by atoms with van der Waals surface area (Å²) in [5.74, 6) is 3.44. The van der Waals surface area contributed by atoms with E-state index in [4.69, 9.17) is 23.7 Å². The highest BCUT2D eigenvalue weighted by atomic mass is 16.5. The first-order chi connectivity index (χ1) is 13.7. The molecular weight excluding hydrogens is 356 g/mol. The molecule has 0 spiro atoms. The van der Waals surface area contributed by atoms with Gasteiger partial charge < -0.3 is 23.7 Å². The molecule has 5 nitrogen and oxygen atoms in total. The zero-order valence-corrected chi connectivity index (χ0v) is 17.0. The monoisotopic (exact) mass is 384 g/mol. The third-order valence-electron chi connectivity index (χ3n) is 6.00. The van der Waals surface area contributed by atoms with Gasteiger partial charge in [0.25, 0.3) is 0 Å². The van der Waals surface area contributed by atoms with E-state index in [1.165, 1.54) is 18.4 Å². The van der Waals surface area contributed by atoms with E-state index in [9.17, 15) is 0 Å². The lowest BCUT2D eigenvalue weighted by Crippen LogP contribution is -2.34. The Hall–Kier alpha value is -2.40.